The first-order valence-electron chi connectivity index (χ1n) is 9.17. The summed E-state index contributed by atoms with van der Waals surface area (Å²) in [7, 11) is 1.30. The third kappa shape index (κ3) is 3.89. The number of rotatable bonds is 5. The molecular formula is C24H19NO4. The van der Waals surface area contributed by atoms with Gasteiger partial charge in [-0.25, -0.2) is 4.79 Å². The number of nitrogens with one attached hydrogen (secondary N) is 1. The van der Waals surface area contributed by atoms with Crippen molar-refractivity contribution in [1.82, 2.24) is 0 Å². The van der Waals surface area contributed by atoms with Gasteiger partial charge in [-0.2, -0.15) is 0 Å². The van der Waals surface area contributed by atoms with Crippen molar-refractivity contribution in [3.8, 4) is 5.75 Å². The van der Waals surface area contributed by atoms with E-state index in [9.17, 15) is 9.59 Å². The number of amides is 1. The van der Waals surface area contributed by atoms with Crippen LogP contribution in [0.15, 0.2) is 78.9 Å². The predicted molar refractivity (Wildman–Crippen MR) is 113 cm³/mol. The van der Waals surface area contributed by atoms with Crippen LogP contribution in [0.2, 0.25) is 0 Å². The zero-order valence-corrected chi connectivity index (χ0v) is 15.8. The van der Waals surface area contributed by atoms with Crippen LogP contribution in [0.5, 0.6) is 5.75 Å². The second-order valence-electron chi connectivity index (χ2n) is 6.54. The lowest BCUT2D eigenvalue weighted by atomic mass is 10.1. The Morgan fingerprint density at radius 1 is 0.828 bits per heavy atom. The molecule has 4 aromatic carbocycles. The molecule has 0 aliphatic carbocycles. The lowest BCUT2D eigenvalue weighted by molar-refractivity contribution is -0.142. The van der Waals surface area contributed by atoms with E-state index in [0.29, 0.717) is 17.0 Å². The van der Waals surface area contributed by atoms with Gasteiger partial charge in [-0.3, -0.25) is 4.79 Å². The number of methoxy groups -OCH3 is 1. The fourth-order valence-electron chi connectivity index (χ4n) is 3.21. The number of carbonyl (C=O) groups excluding carboxylic acids is 2. The Bertz CT molecular complexity index is 1220. The van der Waals surface area contributed by atoms with Crippen LogP contribution in [0.3, 0.4) is 0 Å². The summed E-state index contributed by atoms with van der Waals surface area (Å²) in [6.07, 6.45) is 0. The molecule has 0 aliphatic heterocycles. The molecule has 0 bridgehead atoms. The van der Waals surface area contributed by atoms with E-state index in [1.165, 1.54) is 7.11 Å². The van der Waals surface area contributed by atoms with Gasteiger partial charge in [0.1, 0.15) is 0 Å². The zero-order valence-electron chi connectivity index (χ0n) is 15.8. The molecule has 0 aromatic heterocycles. The Balaban J connectivity index is 1.68. The minimum absolute atomic E-state index is 0.247. The highest BCUT2D eigenvalue weighted by molar-refractivity contribution is 6.08. The number of ether oxygens (including phenoxy) is 2. The molecule has 0 saturated carbocycles. The molecule has 1 N–H and O–H groups in total. The Labute approximate surface area is 167 Å². The fourth-order valence-corrected chi connectivity index (χ4v) is 3.21. The van der Waals surface area contributed by atoms with Crippen LogP contribution in [0.4, 0.5) is 5.69 Å². The number of esters is 1. The van der Waals surface area contributed by atoms with Crippen LogP contribution in [-0.4, -0.2) is 25.6 Å². The highest BCUT2D eigenvalue weighted by Crippen LogP contribution is 2.34. The maximum absolute atomic E-state index is 12.9. The minimum Gasteiger partial charge on any atom is -0.479 e. The fraction of sp³-hybridized carbons (Fsp3) is 0.0833. The molecule has 4 aromatic rings. The van der Waals surface area contributed by atoms with E-state index in [1.54, 1.807) is 12.1 Å². The predicted octanol–water partition coefficient (Wildman–Crippen LogP) is 4.80. The Kier molecular flexibility index (Phi) is 5.12. The summed E-state index contributed by atoms with van der Waals surface area (Å²) in [5.74, 6) is -0.318. The van der Waals surface area contributed by atoms with Crippen molar-refractivity contribution >= 4 is 39.1 Å². The number of hydrogen-bond donors (Lipinski definition) is 1. The van der Waals surface area contributed by atoms with E-state index < -0.39 is 5.97 Å². The van der Waals surface area contributed by atoms with Gasteiger partial charge < -0.3 is 14.8 Å². The first-order valence-corrected chi connectivity index (χ1v) is 9.17. The normalized spacial score (nSPS) is 10.7. The largest absolute Gasteiger partial charge is 0.479 e. The highest BCUT2D eigenvalue weighted by atomic mass is 16.6. The molecule has 0 atom stereocenters. The smallest absolute Gasteiger partial charge is 0.343 e. The average Bonchev–Trinajstić information content (AvgIpc) is 2.77. The Hall–Kier alpha value is -3.86. The summed E-state index contributed by atoms with van der Waals surface area (Å²) in [5, 5.41) is 6.70. The summed E-state index contributed by atoms with van der Waals surface area (Å²) in [6, 6.07) is 24.7. The van der Waals surface area contributed by atoms with Crippen molar-refractivity contribution in [2.75, 3.05) is 19.0 Å². The van der Waals surface area contributed by atoms with Crippen LogP contribution in [0.25, 0.3) is 21.5 Å². The van der Waals surface area contributed by atoms with Gasteiger partial charge in [-0.15, -0.1) is 0 Å². The summed E-state index contributed by atoms with van der Waals surface area (Å²) < 4.78 is 10.4. The van der Waals surface area contributed by atoms with Gasteiger partial charge in [0.05, 0.1) is 12.8 Å². The van der Waals surface area contributed by atoms with Gasteiger partial charge in [0.2, 0.25) is 0 Å². The average molecular weight is 385 g/mol. The molecule has 29 heavy (non-hydrogen) atoms. The topological polar surface area (TPSA) is 64.6 Å². The van der Waals surface area contributed by atoms with Gasteiger partial charge in [0.25, 0.3) is 5.91 Å². The Morgan fingerprint density at radius 2 is 1.52 bits per heavy atom. The summed E-state index contributed by atoms with van der Waals surface area (Å²) in [4.78, 5) is 24.4. The maximum Gasteiger partial charge on any atom is 0.343 e. The number of anilines is 1. The van der Waals surface area contributed by atoms with E-state index in [1.807, 2.05) is 66.7 Å². The van der Waals surface area contributed by atoms with Crippen LogP contribution < -0.4 is 10.1 Å². The molecule has 144 valence electrons. The minimum atomic E-state index is -0.496. The van der Waals surface area contributed by atoms with Crippen LogP contribution in [0, 0.1) is 0 Å². The summed E-state index contributed by atoms with van der Waals surface area (Å²) in [5.41, 5.74) is 1.03. The van der Waals surface area contributed by atoms with Gasteiger partial charge in [0.15, 0.2) is 12.4 Å². The van der Waals surface area contributed by atoms with E-state index in [4.69, 9.17) is 4.74 Å². The monoisotopic (exact) mass is 385 g/mol. The first kappa shape index (κ1) is 18.5. The first-order chi connectivity index (χ1) is 14.2. The molecule has 0 fully saturated rings. The molecule has 0 unspecified atom stereocenters. The van der Waals surface area contributed by atoms with Crippen molar-refractivity contribution in [2.45, 2.75) is 0 Å². The number of hydrogen-bond acceptors (Lipinski definition) is 4. The second-order valence-corrected chi connectivity index (χ2v) is 6.54. The molecule has 0 saturated heterocycles. The van der Waals surface area contributed by atoms with Crippen molar-refractivity contribution in [3.63, 3.8) is 0 Å². The van der Waals surface area contributed by atoms with Crippen LogP contribution >= 0.6 is 0 Å². The van der Waals surface area contributed by atoms with Crippen molar-refractivity contribution < 1.29 is 19.1 Å². The highest BCUT2D eigenvalue weighted by Gasteiger charge is 2.15. The van der Waals surface area contributed by atoms with E-state index in [2.05, 4.69) is 10.1 Å². The van der Waals surface area contributed by atoms with Crippen LogP contribution in [-0.2, 0) is 9.53 Å². The number of fused-ring (bicyclic) bond motifs is 2. The quantitative estimate of drug-likeness (QED) is 0.501. The molecule has 0 radical (unpaired) electrons. The molecule has 0 spiro atoms. The molecule has 5 heteroatoms. The van der Waals surface area contributed by atoms with Crippen molar-refractivity contribution in [3.05, 3.63) is 84.4 Å². The second kappa shape index (κ2) is 8.02. The van der Waals surface area contributed by atoms with Gasteiger partial charge in [0, 0.05) is 10.9 Å². The standard InChI is InChI=1S/C24H19NO4/c1-28-22(26)15-29-23-20-9-5-4-7-17(20)12-13-21(23)25-24(27)19-11-10-16-6-2-3-8-18(16)14-19/h2-14H,15H2,1H3,(H,25,27). The summed E-state index contributed by atoms with van der Waals surface area (Å²) >= 11 is 0. The van der Waals surface area contributed by atoms with E-state index in [-0.39, 0.29) is 12.5 Å². The molecule has 5 nitrogen and oxygen atoms in total. The molecular weight excluding hydrogens is 366 g/mol. The Morgan fingerprint density at radius 3 is 2.31 bits per heavy atom. The van der Waals surface area contributed by atoms with Crippen LogP contribution in [0.1, 0.15) is 10.4 Å². The zero-order chi connectivity index (χ0) is 20.2. The lowest BCUT2D eigenvalue weighted by Crippen LogP contribution is -2.16. The van der Waals surface area contributed by atoms with Gasteiger partial charge in [-0.1, -0.05) is 60.7 Å². The number of carbonyl (C=O) groups is 2. The molecule has 4 rings (SSSR count). The van der Waals surface area contributed by atoms with Gasteiger partial charge >= 0.3 is 5.97 Å². The third-order valence-electron chi connectivity index (χ3n) is 4.70. The van der Waals surface area contributed by atoms with Gasteiger partial charge in [-0.05, 0) is 34.4 Å². The maximum atomic E-state index is 12.9. The molecule has 1 amide bonds. The summed E-state index contributed by atoms with van der Waals surface area (Å²) in [6.45, 7) is -0.247. The van der Waals surface area contributed by atoms with Crippen molar-refractivity contribution in [1.29, 1.82) is 0 Å². The third-order valence-corrected chi connectivity index (χ3v) is 4.70. The number of benzene rings is 4. The SMILES string of the molecule is COC(=O)COc1c(NC(=O)c2ccc3ccccc3c2)ccc2ccccc12. The van der Waals surface area contributed by atoms with Crippen molar-refractivity contribution in [2.24, 2.45) is 0 Å². The van der Waals surface area contributed by atoms with E-state index in [0.717, 1.165) is 21.5 Å². The lowest BCUT2D eigenvalue weighted by Gasteiger charge is -2.15. The molecule has 0 heterocycles. The molecule has 0 aliphatic rings. The van der Waals surface area contributed by atoms with E-state index >= 15 is 0 Å².